The Morgan fingerprint density at radius 1 is 0.875 bits per heavy atom. The molecular weight excluding hydrogens is 196 g/mol. The summed E-state index contributed by atoms with van der Waals surface area (Å²) in [5.74, 6) is 1.85. The Bertz CT molecular complexity index is 179. The Labute approximate surface area is 101 Å². The van der Waals surface area contributed by atoms with Crippen LogP contribution in [0.1, 0.15) is 51.4 Å². The van der Waals surface area contributed by atoms with Gasteiger partial charge in [0.2, 0.25) is 0 Å². The minimum Gasteiger partial charge on any atom is -0.330 e. The van der Waals surface area contributed by atoms with E-state index in [1.54, 1.807) is 0 Å². The van der Waals surface area contributed by atoms with Gasteiger partial charge in [0.1, 0.15) is 0 Å². The largest absolute Gasteiger partial charge is 0.330 e. The Morgan fingerprint density at radius 3 is 2.19 bits per heavy atom. The van der Waals surface area contributed by atoms with E-state index in [1.165, 1.54) is 71.0 Å². The summed E-state index contributed by atoms with van der Waals surface area (Å²) in [6, 6.07) is 0. The lowest BCUT2D eigenvalue weighted by atomic mass is 9.86. The zero-order valence-electron chi connectivity index (χ0n) is 10.7. The van der Waals surface area contributed by atoms with E-state index < -0.39 is 0 Å². The molecule has 16 heavy (non-hydrogen) atoms. The number of hydrogen-bond acceptors (Lipinski definition) is 2. The van der Waals surface area contributed by atoms with Crippen molar-refractivity contribution in [1.82, 2.24) is 4.90 Å². The van der Waals surface area contributed by atoms with Gasteiger partial charge in [-0.25, -0.2) is 0 Å². The maximum atomic E-state index is 5.72. The van der Waals surface area contributed by atoms with Crippen molar-refractivity contribution < 1.29 is 0 Å². The SMILES string of the molecule is NCC1CCN(CCC2CCCCC2)CC1. The van der Waals surface area contributed by atoms with Crippen molar-refractivity contribution in [2.24, 2.45) is 17.6 Å². The van der Waals surface area contributed by atoms with Gasteiger partial charge in [-0.3, -0.25) is 0 Å². The molecular formula is C14H28N2. The van der Waals surface area contributed by atoms with Gasteiger partial charge in [0.05, 0.1) is 0 Å². The van der Waals surface area contributed by atoms with E-state index >= 15 is 0 Å². The molecule has 0 amide bonds. The molecule has 94 valence electrons. The lowest BCUT2D eigenvalue weighted by Gasteiger charge is -2.32. The number of likely N-dealkylation sites (tertiary alicyclic amines) is 1. The molecule has 0 unspecified atom stereocenters. The summed E-state index contributed by atoms with van der Waals surface area (Å²) in [6.45, 7) is 4.85. The molecule has 0 aromatic heterocycles. The molecule has 0 aromatic carbocycles. The molecule has 1 aliphatic heterocycles. The molecule has 0 aromatic rings. The van der Waals surface area contributed by atoms with Crippen molar-refractivity contribution in [3.05, 3.63) is 0 Å². The highest BCUT2D eigenvalue weighted by Crippen LogP contribution is 2.27. The van der Waals surface area contributed by atoms with Crippen LogP contribution in [0.15, 0.2) is 0 Å². The number of rotatable bonds is 4. The fourth-order valence-corrected chi connectivity index (χ4v) is 3.29. The van der Waals surface area contributed by atoms with Gasteiger partial charge in [-0.2, -0.15) is 0 Å². The highest BCUT2D eigenvalue weighted by atomic mass is 15.1. The van der Waals surface area contributed by atoms with E-state index in [2.05, 4.69) is 4.90 Å². The van der Waals surface area contributed by atoms with Gasteiger partial charge in [-0.1, -0.05) is 32.1 Å². The summed E-state index contributed by atoms with van der Waals surface area (Å²) in [6.07, 6.45) is 11.6. The van der Waals surface area contributed by atoms with E-state index in [0.717, 1.165) is 18.4 Å². The summed E-state index contributed by atoms with van der Waals surface area (Å²) in [5, 5.41) is 0. The molecule has 2 fully saturated rings. The van der Waals surface area contributed by atoms with Crippen molar-refractivity contribution in [2.45, 2.75) is 51.4 Å². The lowest BCUT2D eigenvalue weighted by molar-refractivity contribution is 0.170. The predicted molar refractivity (Wildman–Crippen MR) is 69.4 cm³/mol. The molecule has 2 aliphatic rings. The molecule has 1 aliphatic carbocycles. The molecule has 2 N–H and O–H groups in total. The maximum Gasteiger partial charge on any atom is -0.00156 e. The standard InChI is InChI=1S/C14H28N2/c15-12-14-7-10-16(11-8-14)9-6-13-4-2-1-3-5-13/h13-14H,1-12,15H2. The molecule has 1 saturated heterocycles. The number of nitrogens with zero attached hydrogens (tertiary/aromatic N) is 1. The zero-order valence-corrected chi connectivity index (χ0v) is 10.7. The first-order chi connectivity index (χ1) is 7.88. The third kappa shape index (κ3) is 3.74. The number of piperidine rings is 1. The maximum absolute atomic E-state index is 5.72. The topological polar surface area (TPSA) is 29.3 Å². The first kappa shape index (κ1) is 12.4. The summed E-state index contributed by atoms with van der Waals surface area (Å²) in [4.78, 5) is 2.67. The molecule has 1 saturated carbocycles. The van der Waals surface area contributed by atoms with E-state index in [4.69, 9.17) is 5.73 Å². The quantitative estimate of drug-likeness (QED) is 0.795. The van der Waals surface area contributed by atoms with Gasteiger partial charge in [0.25, 0.3) is 0 Å². The molecule has 0 atom stereocenters. The Kier molecular flexibility index (Phi) is 5.11. The van der Waals surface area contributed by atoms with Crippen molar-refractivity contribution >= 4 is 0 Å². The van der Waals surface area contributed by atoms with Gasteiger partial charge in [-0.15, -0.1) is 0 Å². The third-order valence-electron chi connectivity index (χ3n) is 4.62. The van der Waals surface area contributed by atoms with Crippen LogP contribution in [-0.2, 0) is 0 Å². The minimum atomic E-state index is 0.811. The average molecular weight is 224 g/mol. The van der Waals surface area contributed by atoms with Crippen molar-refractivity contribution in [3.8, 4) is 0 Å². The zero-order chi connectivity index (χ0) is 11.2. The second-order valence-corrected chi connectivity index (χ2v) is 5.81. The minimum absolute atomic E-state index is 0.811. The predicted octanol–water partition coefficient (Wildman–Crippen LogP) is 2.63. The normalized spacial score (nSPS) is 26.1. The average Bonchev–Trinajstić information content (AvgIpc) is 2.38. The molecule has 0 bridgehead atoms. The van der Waals surface area contributed by atoms with Crippen molar-refractivity contribution in [1.29, 1.82) is 0 Å². The third-order valence-corrected chi connectivity index (χ3v) is 4.62. The van der Waals surface area contributed by atoms with Gasteiger partial charge in [0, 0.05) is 0 Å². The van der Waals surface area contributed by atoms with Gasteiger partial charge >= 0.3 is 0 Å². The lowest BCUT2D eigenvalue weighted by Crippen LogP contribution is -2.37. The Balaban J connectivity index is 1.59. The van der Waals surface area contributed by atoms with Crippen LogP contribution in [-0.4, -0.2) is 31.1 Å². The number of hydrogen-bond donors (Lipinski definition) is 1. The van der Waals surface area contributed by atoms with E-state index in [9.17, 15) is 0 Å². The second kappa shape index (κ2) is 6.61. The summed E-state index contributed by atoms with van der Waals surface area (Å²) in [5.41, 5.74) is 5.72. The summed E-state index contributed by atoms with van der Waals surface area (Å²) >= 11 is 0. The molecule has 0 radical (unpaired) electrons. The highest BCUT2D eigenvalue weighted by Gasteiger charge is 2.19. The fraction of sp³-hybridized carbons (Fsp3) is 1.00. The monoisotopic (exact) mass is 224 g/mol. The van der Waals surface area contributed by atoms with E-state index in [-0.39, 0.29) is 0 Å². The van der Waals surface area contributed by atoms with Crippen molar-refractivity contribution in [3.63, 3.8) is 0 Å². The fourth-order valence-electron chi connectivity index (χ4n) is 3.29. The van der Waals surface area contributed by atoms with E-state index in [0.29, 0.717) is 0 Å². The first-order valence-electron chi connectivity index (χ1n) is 7.31. The molecule has 2 nitrogen and oxygen atoms in total. The molecule has 0 spiro atoms. The second-order valence-electron chi connectivity index (χ2n) is 5.81. The molecule has 2 rings (SSSR count). The van der Waals surface area contributed by atoms with Crippen LogP contribution < -0.4 is 5.73 Å². The van der Waals surface area contributed by atoms with Gasteiger partial charge in [-0.05, 0) is 57.3 Å². The molecule has 2 heteroatoms. The highest BCUT2D eigenvalue weighted by molar-refractivity contribution is 4.74. The number of nitrogens with two attached hydrogens (primary N) is 1. The summed E-state index contributed by atoms with van der Waals surface area (Å²) < 4.78 is 0. The van der Waals surface area contributed by atoms with Crippen molar-refractivity contribution in [2.75, 3.05) is 26.2 Å². The van der Waals surface area contributed by atoms with Crippen LogP contribution in [0.3, 0.4) is 0 Å². The van der Waals surface area contributed by atoms with Crippen LogP contribution >= 0.6 is 0 Å². The molecule has 1 heterocycles. The van der Waals surface area contributed by atoms with Crippen LogP contribution in [0.5, 0.6) is 0 Å². The Hall–Kier alpha value is -0.0800. The van der Waals surface area contributed by atoms with Crippen LogP contribution in [0.25, 0.3) is 0 Å². The van der Waals surface area contributed by atoms with Gasteiger partial charge < -0.3 is 10.6 Å². The Morgan fingerprint density at radius 2 is 1.56 bits per heavy atom. The summed E-state index contributed by atoms with van der Waals surface area (Å²) in [7, 11) is 0. The smallest absolute Gasteiger partial charge is 0.00156 e. The van der Waals surface area contributed by atoms with Crippen LogP contribution in [0, 0.1) is 11.8 Å². The first-order valence-corrected chi connectivity index (χ1v) is 7.31. The van der Waals surface area contributed by atoms with E-state index in [1.807, 2.05) is 0 Å². The van der Waals surface area contributed by atoms with Gasteiger partial charge in [0.15, 0.2) is 0 Å². The van der Waals surface area contributed by atoms with Crippen LogP contribution in [0.2, 0.25) is 0 Å². The van der Waals surface area contributed by atoms with Crippen LogP contribution in [0.4, 0.5) is 0 Å².